The van der Waals surface area contributed by atoms with Crippen molar-refractivity contribution in [3.05, 3.63) is 0 Å². The van der Waals surface area contributed by atoms with Gasteiger partial charge in [0, 0.05) is 18.1 Å². The summed E-state index contributed by atoms with van der Waals surface area (Å²) in [5.74, 6) is 3.39. The highest BCUT2D eigenvalue weighted by Crippen LogP contribution is 2.43. The Bertz CT molecular complexity index is 299. The van der Waals surface area contributed by atoms with Crippen LogP contribution in [0, 0.1) is 23.7 Å². The first-order chi connectivity index (χ1) is 7.69. The average Bonchev–Trinajstić information content (AvgIpc) is 2.22. The number of hydrogen-bond acceptors (Lipinski definition) is 2. The van der Waals surface area contributed by atoms with Crippen LogP contribution >= 0.6 is 0 Å². The summed E-state index contributed by atoms with van der Waals surface area (Å²) < 4.78 is 5.94. The molecular weight excluding hydrogens is 210 g/mol. The highest BCUT2D eigenvalue weighted by atomic mass is 16.5. The number of hydrogen-bond donors (Lipinski definition) is 1. The zero-order chi connectivity index (χ0) is 13.3. The molecule has 1 aliphatic rings. The van der Waals surface area contributed by atoms with Gasteiger partial charge in [-0.15, -0.1) is 6.42 Å². The van der Waals surface area contributed by atoms with Crippen molar-refractivity contribution in [2.24, 2.45) is 11.3 Å². The Balaban J connectivity index is 2.47. The Morgan fingerprint density at radius 2 is 2.06 bits per heavy atom. The quantitative estimate of drug-likeness (QED) is 0.742. The molecule has 2 nitrogen and oxygen atoms in total. The lowest BCUT2D eigenvalue weighted by Crippen LogP contribution is -2.64. The second-order valence-corrected chi connectivity index (χ2v) is 6.74. The van der Waals surface area contributed by atoms with Gasteiger partial charge in [0.2, 0.25) is 0 Å². The number of rotatable bonds is 5. The van der Waals surface area contributed by atoms with Crippen LogP contribution in [-0.4, -0.2) is 24.3 Å². The molecule has 2 atom stereocenters. The van der Waals surface area contributed by atoms with E-state index in [-0.39, 0.29) is 11.0 Å². The van der Waals surface area contributed by atoms with Crippen LogP contribution in [0.2, 0.25) is 0 Å². The summed E-state index contributed by atoms with van der Waals surface area (Å²) in [5, 5.41) is 3.53. The van der Waals surface area contributed by atoms with E-state index in [1.54, 1.807) is 0 Å². The number of terminal acetylenes is 1. The molecule has 98 valence electrons. The normalized spacial score (nSPS) is 27.6. The van der Waals surface area contributed by atoms with Crippen molar-refractivity contribution in [3.8, 4) is 12.3 Å². The van der Waals surface area contributed by atoms with Crippen LogP contribution < -0.4 is 5.32 Å². The summed E-state index contributed by atoms with van der Waals surface area (Å²) in [6.07, 6.45) is 6.93. The van der Waals surface area contributed by atoms with Gasteiger partial charge in [0.05, 0.1) is 11.6 Å². The molecule has 0 saturated heterocycles. The van der Waals surface area contributed by atoms with E-state index in [0.29, 0.717) is 18.1 Å². The van der Waals surface area contributed by atoms with Gasteiger partial charge in [0.15, 0.2) is 0 Å². The van der Waals surface area contributed by atoms with E-state index in [4.69, 9.17) is 11.2 Å². The van der Waals surface area contributed by atoms with E-state index < -0.39 is 0 Å². The number of ether oxygens (including phenoxy) is 1. The fraction of sp³-hybridized carbons (Fsp3) is 0.867. The van der Waals surface area contributed by atoms with Gasteiger partial charge < -0.3 is 4.74 Å². The molecule has 0 amide bonds. The maximum absolute atomic E-state index is 5.94. The fourth-order valence-corrected chi connectivity index (χ4v) is 2.20. The first-order valence-corrected chi connectivity index (χ1v) is 6.56. The fourth-order valence-electron chi connectivity index (χ4n) is 2.20. The molecule has 2 heteroatoms. The SMILES string of the molecule is C#CC(C)(C)NC1CC(OCC(C)C)C1(C)C. The van der Waals surface area contributed by atoms with Gasteiger partial charge in [-0.2, -0.15) is 0 Å². The third-order valence-corrected chi connectivity index (χ3v) is 3.70. The third-order valence-electron chi connectivity index (χ3n) is 3.70. The molecule has 0 radical (unpaired) electrons. The zero-order valence-electron chi connectivity index (χ0n) is 12.1. The highest BCUT2D eigenvalue weighted by Gasteiger charge is 2.50. The van der Waals surface area contributed by atoms with Gasteiger partial charge in [-0.3, -0.25) is 5.32 Å². The molecule has 1 aliphatic carbocycles. The Hall–Kier alpha value is -0.520. The molecule has 0 aromatic carbocycles. The monoisotopic (exact) mass is 237 g/mol. The van der Waals surface area contributed by atoms with Crippen molar-refractivity contribution >= 4 is 0 Å². The number of nitrogens with one attached hydrogen (secondary N) is 1. The summed E-state index contributed by atoms with van der Waals surface area (Å²) in [6, 6.07) is 0.450. The molecule has 17 heavy (non-hydrogen) atoms. The van der Waals surface area contributed by atoms with Crippen LogP contribution in [0.4, 0.5) is 0 Å². The van der Waals surface area contributed by atoms with E-state index in [9.17, 15) is 0 Å². The Labute approximate surface area is 107 Å². The molecule has 1 N–H and O–H groups in total. The maximum atomic E-state index is 5.94. The molecule has 1 saturated carbocycles. The van der Waals surface area contributed by atoms with Crippen LogP contribution in [0.1, 0.15) is 48.0 Å². The lowest BCUT2D eigenvalue weighted by atomic mass is 9.64. The molecule has 0 aliphatic heterocycles. The average molecular weight is 237 g/mol. The van der Waals surface area contributed by atoms with E-state index in [1.807, 2.05) is 13.8 Å². The Morgan fingerprint density at radius 1 is 1.47 bits per heavy atom. The summed E-state index contributed by atoms with van der Waals surface area (Å²) >= 11 is 0. The predicted molar refractivity (Wildman–Crippen MR) is 72.8 cm³/mol. The zero-order valence-corrected chi connectivity index (χ0v) is 12.1. The summed E-state index contributed by atoms with van der Waals surface area (Å²) in [4.78, 5) is 0. The van der Waals surface area contributed by atoms with Gasteiger partial charge in [-0.1, -0.05) is 33.6 Å². The minimum Gasteiger partial charge on any atom is -0.377 e. The maximum Gasteiger partial charge on any atom is 0.0743 e. The van der Waals surface area contributed by atoms with E-state index in [2.05, 4.69) is 38.9 Å². The molecule has 1 rings (SSSR count). The lowest BCUT2D eigenvalue weighted by Gasteiger charge is -2.53. The van der Waals surface area contributed by atoms with Crippen molar-refractivity contribution in [1.29, 1.82) is 0 Å². The summed E-state index contributed by atoms with van der Waals surface area (Å²) in [5.41, 5.74) is -0.0615. The largest absolute Gasteiger partial charge is 0.377 e. The van der Waals surface area contributed by atoms with Gasteiger partial charge >= 0.3 is 0 Å². The standard InChI is InChI=1S/C15H27NO/c1-8-14(4,5)16-12-9-13(15(12,6)7)17-10-11(2)3/h1,11-13,16H,9-10H2,2-7H3. The van der Waals surface area contributed by atoms with Crippen LogP contribution in [0.25, 0.3) is 0 Å². The molecule has 0 bridgehead atoms. The summed E-state index contributed by atoms with van der Waals surface area (Å²) in [7, 11) is 0. The van der Waals surface area contributed by atoms with E-state index >= 15 is 0 Å². The molecular formula is C15H27NO. The third kappa shape index (κ3) is 3.47. The molecule has 0 spiro atoms. The summed E-state index contributed by atoms with van der Waals surface area (Å²) in [6.45, 7) is 13.8. The van der Waals surface area contributed by atoms with Crippen LogP contribution in [-0.2, 0) is 4.74 Å². The van der Waals surface area contributed by atoms with Gasteiger partial charge in [0.1, 0.15) is 0 Å². The van der Waals surface area contributed by atoms with Crippen LogP contribution in [0.15, 0.2) is 0 Å². The van der Waals surface area contributed by atoms with Gasteiger partial charge in [-0.25, -0.2) is 0 Å². The van der Waals surface area contributed by atoms with E-state index in [0.717, 1.165) is 13.0 Å². The second kappa shape index (κ2) is 5.00. The first kappa shape index (κ1) is 14.5. The predicted octanol–water partition coefficient (Wildman–Crippen LogP) is 2.83. The van der Waals surface area contributed by atoms with Gasteiger partial charge in [-0.05, 0) is 26.2 Å². The van der Waals surface area contributed by atoms with Gasteiger partial charge in [0.25, 0.3) is 0 Å². The first-order valence-electron chi connectivity index (χ1n) is 6.56. The second-order valence-electron chi connectivity index (χ2n) is 6.74. The molecule has 1 fully saturated rings. The lowest BCUT2D eigenvalue weighted by molar-refractivity contribution is -0.127. The molecule has 0 aromatic heterocycles. The molecule has 0 heterocycles. The Morgan fingerprint density at radius 3 is 2.47 bits per heavy atom. The van der Waals surface area contributed by atoms with Crippen molar-refractivity contribution in [3.63, 3.8) is 0 Å². The van der Waals surface area contributed by atoms with Crippen molar-refractivity contribution in [2.75, 3.05) is 6.61 Å². The van der Waals surface area contributed by atoms with Crippen molar-refractivity contribution in [1.82, 2.24) is 5.32 Å². The molecule has 2 unspecified atom stereocenters. The van der Waals surface area contributed by atoms with Crippen LogP contribution in [0.5, 0.6) is 0 Å². The topological polar surface area (TPSA) is 21.3 Å². The minimum atomic E-state index is -0.231. The molecule has 0 aromatic rings. The minimum absolute atomic E-state index is 0.170. The van der Waals surface area contributed by atoms with Crippen molar-refractivity contribution in [2.45, 2.75) is 65.6 Å². The smallest absolute Gasteiger partial charge is 0.0743 e. The van der Waals surface area contributed by atoms with Crippen molar-refractivity contribution < 1.29 is 4.74 Å². The van der Waals surface area contributed by atoms with E-state index in [1.165, 1.54) is 0 Å². The van der Waals surface area contributed by atoms with Crippen LogP contribution in [0.3, 0.4) is 0 Å². The highest BCUT2D eigenvalue weighted by molar-refractivity contribution is 5.13. The Kier molecular flexibility index (Phi) is 4.28.